The fourth-order valence-electron chi connectivity index (χ4n) is 3.36. The first kappa shape index (κ1) is 21.7. The Morgan fingerprint density at radius 1 is 1.09 bits per heavy atom. The summed E-state index contributed by atoms with van der Waals surface area (Å²) in [5.41, 5.74) is 4.45. The van der Waals surface area contributed by atoms with Crippen molar-refractivity contribution in [2.24, 2.45) is 0 Å². The highest BCUT2D eigenvalue weighted by Gasteiger charge is 2.22. The van der Waals surface area contributed by atoms with E-state index in [2.05, 4.69) is 41.8 Å². The highest BCUT2D eigenvalue weighted by atomic mass is 32.2. The number of fused-ring (bicyclic) bond motifs is 1. The standard InChI is InChI=1S/C26H24N2O3S/c1-17-6-8-18(9-7-17)12-13-27-25(29)20-10-11-23-22(16-20)28-26(30)24(32-23)15-19-4-3-5-21(14-19)31-2/h3-11,14-16H,12-13H2,1-2H3,(H,27,29)(H,28,30). The van der Waals surface area contributed by atoms with Crippen LogP contribution >= 0.6 is 11.8 Å². The predicted octanol–water partition coefficient (Wildman–Crippen LogP) is 5.06. The summed E-state index contributed by atoms with van der Waals surface area (Å²) in [5.74, 6) is 0.387. The Hall–Kier alpha value is -3.51. The molecule has 0 fully saturated rings. The molecule has 0 spiro atoms. The molecular formula is C26H24N2O3S. The van der Waals surface area contributed by atoms with E-state index in [-0.39, 0.29) is 11.8 Å². The zero-order valence-electron chi connectivity index (χ0n) is 18.0. The fourth-order valence-corrected chi connectivity index (χ4v) is 4.29. The van der Waals surface area contributed by atoms with Crippen LogP contribution < -0.4 is 15.4 Å². The number of aryl methyl sites for hydroxylation is 1. The fraction of sp³-hybridized carbons (Fsp3) is 0.154. The van der Waals surface area contributed by atoms with Crippen LogP contribution in [0.2, 0.25) is 0 Å². The third kappa shape index (κ3) is 5.21. The lowest BCUT2D eigenvalue weighted by Gasteiger charge is -2.19. The van der Waals surface area contributed by atoms with Crippen LogP contribution in [-0.4, -0.2) is 25.5 Å². The van der Waals surface area contributed by atoms with Gasteiger partial charge in [-0.15, -0.1) is 0 Å². The molecule has 2 amide bonds. The second-order valence-corrected chi connectivity index (χ2v) is 8.63. The number of nitrogens with one attached hydrogen (secondary N) is 2. The minimum atomic E-state index is -0.192. The van der Waals surface area contributed by atoms with Gasteiger partial charge in [0.05, 0.1) is 17.7 Å². The minimum absolute atomic E-state index is 0.156. The summed E-state index contributed by atoms with van der Waals surface area (Å²) in [5, 5.41) is 5.85. The molecule has 32 heavy (non-hydrogen) atoms. The molecule has 5 nitrogen and oxygen atoms in total. The van der Waals surface area contributed by atoms with Crippen molar-refractivity contribution in [1.29, 1.82) is 0 Å². The number of ether oxygens (including phenoxy) is 1. The van der Waals surface area contributed by atoms with Gasteiger partial charge in [-0.2, -0.15) is 0 Å². The van der Waals surface area contributed by atoms with Crippen molar-refractivity contribution in [2.45, 2.75) is 18.2 Å². The molecule has 162 valence electrons. The molecule has 3 aromatic rings. The zero-order valence-corrected chi connectivity index (χ0v) is 18.8. The molecule has 1 aliphatic rings. The van der Waals surface area contributed by atoms with Crippen LogP contribution in [0, 0.1) is 6.92 Å². The maximum Gasteiger partial charge on any atom is 0.262 e. The summed E-state index contributed by atoms with van der Waals surface area (Å²) in [4.78, 5) is 26.7. The number of thioether (sulfide) groups is 1. The minimum Gasteiger partial charge on any atom is -0.497 e. The first-order chi connectivity index (χ1) is 15.5. The van der Waals surface area contributed by atoms with Gasteiger partial charge in [-0.1, -0.05) is 53.7 Å². The molecule has 0 aromatic heterocycles. The zero-order chi connectivity index (χ0) is 22.5. The Morgan fingerprint density at radius 2 is 1.91 bits per heavy atom. The monoisotopic (exact) mass is 444 g/mol. The van der Waals surface area contributed by atoms with E-state index in [1.54, 1.807) is 19.2 Å². The second kappa shape index (κ2) is 9.75. The number of hydrogen-bond donors (Lipinski definition) is 2. The molecule has 0 aliphatic carbocycles. The van der Waals surface area contributed by atoms with Gasteiger partial charge < -0.3 is 15.4 Å². The molecule has 6 heteroatoms. The lowest BCUT2D eigenvalue weighted by molar-refractivity contribution is -0.112. The number of amides is 2. The topological polar surface area (TPSA) is 67.4 Å². The molecule has 3 aromatic carbocycles. The Bertz CT molecular complexity index is 1190. The van der Waals surface area contributed by atoms with E-state index in [0.717, 1.165) is 22.6 Å². The number of benzene rings is 3. The molecule has 2 N–H and O–H groups in total. The summed E-state index contributed by atoms with van der Waals surface area (Å²) in [6.07, 6.45) is 2.60. The SMILES string of the molecule is COc1cccc(C=C2Sc3ccc(C(=O)NCCc4ccc(C)cc4)cc3NC2=O)c1. The van der Waals surface area contributed by atoms with Crippen LogP contribution in [0.3, 0.4) is 0 Å². The van der Waals surface area contributed by atoms with Crippen LogP contribution in [-0.2, 0) is 11.2 Å². The molecule has 1 aliphatic heterocycles. The van der Waals surface area contributed by atoms with Gasteiger partial charge >= 0.3 is 0 Å². The summed E-state index contributed by atoms with van der Waals surface area (Å²) in [6, 6.07) is 21.2. The number of carbonyl (C=O) groups excluding carboxylic acids is 2. The summed E-state index contributed by atoms with van der Waals surface area (Å²) < 4.78 is 5.25. The molecule has 4 rings (SSSR count). The Morgan fingerprint density at radius 3 is 2.69 bits per heavy atom. The number of methoxy groups -OCH3 is 1. The lowest BCUT2D eigenvalue weighted by atomic mass is 10.1. The number of hydrogen-bond acceptors (Lipinski definition) is 4. The van der Waals surface area contributed by atoms with E-state index in [1.165, 1.54) is 22.9 Å². The van der Waals surface area contributed by atoms with E-state index < -0.39 is 0 Å². The normalized spacial score (nSPS) is 13.9. The Labute approximate surface area is 191 Å². The Balaban J connectivity index is 1.42. The molecule has 0 saturated carbocycles. The largest absolute Gasteiger partial charge is 0.497 e. The van der Waals surface area contributed by atoms with E-state index >= 15 is 0 Å². The average Bonchev–Trinajstić information content (AvgIpc) is 2.80. The first-order valence-electron chi connectivity index (χ1n) is 10.3. The van der Waals surface area contributed by atoms with Crippen molar-refractivity contribution in [1.82, 2.24) is 5.32 Å². The van der Waals surface area contributed by atoms with Crippen LogP contribution in [0.25, 0.3) is 6.08 Å². The van der Waals surface area contributed by atoms with E-state index in [0.29, 0.717) is 22.7 Å². The van der Waals surface area contributed by atoms with Crippen LogP contribution in [0.4, 0.5) is 5.69 Å². The Kier molecular flexibility index (Phi) is 6.61. The van der Waals surface area contributed by atoms with Gasteiger partial charge in [-0.25, -0.2) is 0 Å². The highest BCUT2D eigenvalue weighted by Crippen LogP contribution is 2.39. The maximum atomic E-state index is 12.6. The number of carbonyl (C=O) groups is 2. The van der Waals surface area contributed by atoms with Crippen molar-refractivity contribution in [3.8, 4) is 5.75 Å². The van der Waals surface area contributed by atoms with E-state index in [9.17, 15) is 9.59 Å². The van der Waals surface area contributed by atoms with Crippen LogP contribution in [0.15, 0.2) is 76.5 Å². The molecule has 0 saturated heterocycles. The van der Waals surface area contributed by atoms with Crippen LogP contribution in [0.5, 0.6) is 5.75 Å². The molecule has 0 bridgehead atoms. The molecule has 1 heterocycles. The highest BCUT2D eigenvalue weighted by molar-refractivity contribution is 8.04. The summed E-state index contributed by atoms with van der Waals surface area (Å²) in [7, 11) is 1.61. The maximum absolute atomic E-state index is 12.6. The lowest BCUT2D eigenvalue weighted by Crippen LogP contribution is -2.26. The van der Waals surface area contributed by atoms with E-state index in [4.69, 9.17) is 4.74 Å². The van der Waals surface area contributed by atoms with Crippen molar-refractivity contribution in [3.63, 3.8) is 0 Å². The third-order valence-electron chi connectivity index (χ3n) is 5.15. The van der Waals surface area contributed by atoms with Gasteiger partial charge in [0.15, 0.2) is 0 Å². The van der Waals surface area contributed by atoms with Gasteiger partial charge in [0.2, 0.25) is 0 Å². The quantitative estimate of drug-likeness (QED) is 0.522. The number of rotatable bonds is 6. The van der Waals surface area contributed by atoms with Crippen molar-refractivity contribution in [3.05, 3.63) is 93.9 Å². The molecular weight excluding hydrogens is 420 g/mol. The van der Waals surface area contributed by atoms with Gasteiger partial charge in [0.1, 0.15) is 5.75 Å². The second-order valence-electron chi connectivity index (χ2n) is 7.54. The van der Waals surface area contributed by atoms with Gasteiger partial charge in [0, 0.05) is 17.0 Å². The smallest absolute Gasteiger partial charge is 0.262 e. The van der Waals surface area contributed by atoms with E-state index in [1.807, 2.05) is 36.4 Å². The number of anilines is 1. The summed E-state index contributed by atoms with van der Waals surface area (Å²) in [6.45, 7) is 2.60. The summed E-state index contributed by atoms with van der Waals surface area (Å²) >= 11 is 1.39. The first-order valence-corrected chi connectivity index (χ1v) is 11.2. The average molecular weight is 445 g/mol. The molecule has 0 unspecified atom stereocenters. The van der Waals surface area contributed by atoms with Crippen LogP contribution in [0.1, 0.15) is 27.0 Å². The predicted molar refractivity (Wildman–Crippen MR) is 129 cm³/mol. The molecule has 0 radical (unpaired) electrons. The van der Waals surface area contributed by atoms with Crippen molar-refractivity contribution in [2.75, 3.05) is 19.0 Å². The molecule has 0 atom stereocenters. The van der Waals surface area contributed by atoms with Crippen molar-refractivity contribution < 1.29 is 14.3 Å². The third-order valence-corrected chi connectivity index (χ3v) is 6.24. The van der Waals surface area contributed by atoms with Gasteiger partial charge in [-0.05, 0) is 60.9 Å². The van der Waals surface area contributed by atoms with Gasteiger partial charge in [-0.3, -0.25) is 9.59 Å². The van der Waals surface area contributed by atoms with Gasteiger partial charge in [0.25, 0.3) is 11.8 Å². The van der Waals surface area contributed by atoms with Crippen molar-refractivity contribution >= 4 is 35.3 Å².